The Morgan fingerprint density at radius 2 is 1.96 bits per heavy atom. The Hall–Kier alpha value is -3.33. The summed E-state index contributed by atoms with van der Waals surface area (Å²) < 4.78 is 5.58. The number of hydrogen-bond acceptors (Lipinski definition) is 4. The first-order valence-electron chi connectivity index (χ1n) is 7.27. The molecule has 2 aromatic rings. The van der Waals surface area contributed by atoms with Crippen LogP contribution in [0.5, 0.6) is 0 Å². The molecule has 0 aliphatic heterocycles. The quantitative estimate of drug-likeness (QED) is 0.650. The molecule has 0 fully saturated rings. The van der Waals surface area contributed by atoms with E-state index in [2.05, 4.69) is 5.32 Å². The average Bonchev–Trinajstić information content (AvgIpc) is 3.00. The number of hydrogen-bond donors (Lipinski definition) is 2. The van der Waals surface area contributed by atoms with E-state index in [1.54, 1.807) is 44.2 Å². The van der Waals surface area contributed by atoms with Crippen LogP contribution in [-0.2, 0) is 4.79 Å². The molecule has 24 heavy (non-hydrogen) atoms. The molecule has 0 aliphatic carbocycles. The van der Waals surface area contributed by atoms with Crippen LogP contribution in [0.1, 0.15) is 30.0 Å². The second kappa shape index (κ2) is 7.29. The summed E-state index contributed by atoms with van der Waals surface area (Å²) in [5.41, 5.74) is 0.450. The number of benzene rings is 1. The van der Waals surface area contributed by atoms with Gasteiger partial charge in [-0.1, -0.05) is 18.2 Å². The summed E-state index contributed by atoms with van der Waals surface area (Å²) in [5.74, 6) is -0.911. The summed E-state index contributed by atoms with van der Waals surface area (Å²) in [5, 5.41) is 21.0. The molecule has 2 N–H and O–H groups in total. The second-order valence-corrected chi connectivity index (χ2v) is 5.35. The minimum Gasteiger partial charge on any atom is -0.478 e. The van der Waals surface area contributed by atoms with Crippen molar-refractivity contribution in [3.8, 4) is 17.4 Å². The molecule has 0 saturated heterocycles. The Balaban J connectivity index is 2.35. The molecule has 2 rings (SSSR count). The van der Waals surface area contributed by atoms with E-state index in [-0.39, 0.29) is 17.2 Å². The molecular formula is C18H16N2O4. The monoisotopic (exact) mass is 324 g/mol. The number of carbonyl (C=O) groups excluding carboxylic acids is 1. The van der Waals surface area contributed by atoms with Crippen LogP contribution < -0.4 is 5.32 Å². The van der Waals surface area contributed by atoms with E-state index in [9.17, 15) is 14.7 Å². The van der Waals surface area contributed by atoms with Crippen molar-refractivity contribution in [2.45, 2.75) is 19.9 Å². The molecule has 0 atom stereocenters. The number of carboxylic acids is 1. The molecule has 6 nitrogen and oxygen atoms in total. The summed E-state index contributed by atoms with van der Waals surface area (Å²) in [6.45, 7) is 3.58. The predicted octanol–water partition coefficient (Wildman–Crippen LogP) is 3.08. The second-order valence-electron chi connectivity index (χ2n) is 5.35. The third kappa shape index (κ3) is 3.90. The van der Waals surface area contributed by atoms with Crippen molar-refractivity contribution in [1.82, 2.24) is 5.32 Å². The van der Waals surface area contributed by atoms with Crippen molar-refractivity contribution in [2.24, 2.45) is 0 Å². The van der Waals surface area contributed by atoms with Gasteiger partial charge in [-0.05, 0) is 32.0 Å². The summed E-state index contributed by atoms with van der Waals surface area (Å²) in [7, 11) is 0. The Morgan fingerprint density at radius 3 is 2.58 bits per heavy atom. The van der Waals surface area contributed by atoms with Gasteiger partial charge in [0.05, 0.1) is 5.56 Å². The highest BCUT2D eigenvalue weighted by Gasteiger charge is 2.15. The molecule has 0 aliphatic rings. The maximum Gasteiger partial charge on any atom is 0.336 e. The van der Waals surface area contributed by atoms with Gasteiger partial charge in [-0.25, -0.2) is 4.79 Å². The first kappa shape index (κ1) is 17.0. The van der Waals surface area contributed by atoms with Crippen molar-refractivity contribution in [3.05, 3.63) is 53.3 Å². The van der Waals surface area contributed by atoms with E-state index in [1.165, 1.54) is 12.1 Å². The van der Waals surface area contributed by atoms with Crippen LogP contribution in [0, 0.1) is 11.3 Å². The van der Waals surface area contributed by atoms with Crippen molar-refractivity contribution in [3.63, 3.8) is 0 Å². The molecule has 1 amide bonds. The third-order valence-electron chi connectivity index (χ3n) is 3.12. The van der Waals surface area contributed by atoms with Gasteiger partial charge in [0.1, 0.15) is 23.2 Å². The molecule has 0 spiro atoms. The molecule has 0 saturated carbocycles. The van der Waals surface area contributed by atoms with Gasteiger partial charge in [-0.3, -0.25) is 4.79 Å². The molecule has 6 heteroatoms. The van der Waals surface area contributed by atoms with Gasteiger partial charge < -0.3 is 14.8 Å². The molecule has 0 bridgehead atoms. The van der Waals surface area contributed by atoms with Crippen molar-refractivity contribution in [2.75, 3.05) is 0 Å². The van der Waals surface area contributed by atoms with Gasteiger partial charge in [0, 0.05) is 17.7 Å². The first-order chi connectivity index (χ1) is 11.4. The maximum atomic E-state index is 11.9. The molecule has 0 radical (unpaired) electrons. The zero-order valence-corrected chi connectivity index (χ0v) is 13.2. The number of aromatic carboxylic acids is 1. The van der Waals surface area contributed by atoms with Crippen molar-refractivity contribution in [1.29, 1.82) is 5.26 Å². The molecule has 1 heterocycles. The molecule has 1 aromatic carbocycles. The lowest BCUT2D eigenvalue weighted by atomic mass is 10.1. The zero-order valence-electron chi connectivity index (χ0n) is 13.2. The fourth-order valence-electron chi connectivity index (χ4n) is 2.09. The maximum absolute atomic E-state index is 11.9. The fourth-order valence-corrected chi connectivity index (χ4v) is 2.09. The van der Waals surface area contributed by atoms with Crippen molar-refractivity contribution >= 4 is 18.0 Å². The van der Waals surface area contributed by atoms with E-state index < -0.39 is 11.9 Å². The molecule has 0 unspecified atom stereocenters. The SMILES string of the molecule is CC(C)NC(=O)/C(C#N)=C\c1ccc(-c2ccccc2C(=O)O)o1. The van der Waals surface area contributed by atoms with Crippen LogP contribution in [0.2, 0.25) is 0 Å². The van der Waals surface area contributed by atoms with E-state index in [0.29, 0.717) is 17.1 Å². The minimum atomic E-state index is -1.06. The highest BCUT2D eigenvalue weighted by molar-refractivity contribution is 6.01. The topological polar surface area (TPSA) is 103 Å². The van der Waals surface area contributed by atoms with Gasteiger partial charge >= 0.3 is 5.97 Å². The van der Waals surface area contributed by atoms with Gasteiger partial charge in [0.2, 0.25) is 0 Å². The van der Waals surface area contributed by atoms with Crippen LogP contribution in [0.15, 0.2) is 46.4 Å². The van der Waals surface area contributed by atoms with Gasteiger partial charge in [0.25, 0.3) is 5.91 Å². The first-order valence-corrected chi connectivity index (χ1v) is 7.27. The van der Waals surface area contributed by atoms with Crippen LogP contribution in [0.4, 0.5) is 0 Å². The average molecular weight is 324 g/mol. The normalized spacial score (nSPS) is 11.2. The Labute approximate surface area is 139 Å². The minimum absolute atomic E-state index is 0.0869. The summed E-state index contributed by atoms with van der Waals surface area (Å²) in [6, 6.07) is 11.4. The van der Waals surface area contributed by atoms with Crippen LogP contribution in [0.3, 0.4) is 0 Å². The number of furan rings is 1. The lowest BCUT2D eigenvalue weighted by Gasteiger charge is -2.06. The van der Waals surface area contributed by atoms with Gasteiger partial charge in [-0.15, -0.1) is 0 Å². The fraction of sp³-hybridized carbons (Fsp3) is 0.167. The summed E-state index contributed by atoms with van der Waals surface area (Å²) in [4.78, 5) is 23.2. The highest BCUT2D eigenvalue weighted by Crippen LogP contribution is 2.26. The lowest BCUT2D eigenvalue weighted by molar-refractivity contribution is -0.117. The van der Waals surface area contributed by atoms with E-state index in [4.69, 9.17) is 9.68 Å². The number of nitrogens with one attached hydrogen (secondary N) is 1. The Bertz CT molecular complexity index is 841. The van der Waals surface area contributed by atoms with Crippen LogP contribution in [-0.4, -0.2) is 23.0 Å². The number of carboxylic acid groups (broad SMARTS) is 1. The largest absolute Gasteiger partial charge is 0.478 e. The number of nitrogens with zero attached hydrogens (tertiary/aromatic N) is 1. The Kier molecular flexibility index (Phi) is 5.17. The van der Waals surface area contributed by atoms with E-state index in [0.717, 1.165) is 0 Å². The number of rotatable bonds is 5. The van der Waals surface area contributed by atoms with E-state index in [1.807, 2.05) is 6.07 Å². The van der Waals surface area contributed by atoms with Gasteiger partial charge in [0.15, 0.2) is 0 Å². The highest BCUT2D eigenvalue weighted by atomic mass is 16.4. The number of amides is 1. The zero-order chi connectivity index (χ0) is 17.7. The van der Waals surface area contributed by atoms with Crippen LogP contribution >= 0.6 is 0 Å². The summed E-state index contributed by atoms with van der Waals surface area (Å²) in [6.07, 6.45) is 1.32. The number of nitriles is 1. The van der Waals surface area contributed by atoms with Crippen molar-refractivity contribution < 1.29 is 19.1 Å². The molecule has 122 valence electrons. The molecular weight excluding hydrogens is 308 g/mol. The summed E-state index contributed by atoms with van der Waals surface area (Å²) >= 11 is 0. The standard InChI is InChI=1S/C18H16N2O4/c1-11(2)20-17(21)12(10-19)9-13-7-8-16(24-13)14-5-3-4-6-15(14)18(22)23/h3-9,11H,1-2H3,(H,20,21)(H,22,23)/b12-9-. The van der Waals surface area contributed by atoms with Crippen LogP contribution in [0.25, 0.3) is 17.4 Å². The predicted molar refractivity (Wildman–Crippen MR) is 88.0 cm³/mol. The number of carbonyl (C=O) groups is 2. The Morgan fingerprint density at radius 1 is 1.25 bits per heavy atom. The molecule has 1 aromatic heterocycles. The van der Waals surface area contributed by atoms with Gasteiger partial charge in [-0.2, -0.15) is 5.26 Å². The van der Waals surface area contributed by atoms with E-state index >= 15 is 0 Å². The lowest BCUT2D eigenvalue weighted by Crippen LogP contribution is -2.30. The third-order valence-corrected chi connectivity index (χ3v) is 3.12. The smallest absolute Gasteiger partial charge is 0.336 e.